The lowest BCUT2D eigenvalue weighted by atomic mass is 10.1. The van der Waals surface area contributed by atoms with Gasteiger partial charge in [-0.25, -0.2) is 0 Å². The molecule has 1 saturated heterocycles. The standard InChI is InChI=1S/C12H14N4O4/c13-8-4-3-7(6-10(8)16(19)20)11(17)15-9-2-1-5-14-12(9)18/h3-4,6,9H,1-2,5,13H2,(H,14,18)(H,15,17). The molecule has 0 saturated carbocycles. The number of rotatable bonds is 3. The van der Waals surface area contributed by atoms with Crippen molar-refractivity contribution in [3.8, 4) is 0 Å². The quantitative estimate of drug-likeness (QED) is 0.413. The first-order valence-electron chi connectivity index (χ1n) is 6.11. The number of nitrogens with zero attached hydrogens (tertiary/aromatic N) is 1. The number of piperidine rings is 1. The van der Waals surface area contributed by atoms with Gasteiger partial charge in [0.15, 0.2) is 0 Å². The largest absolute Gasteiger partial charge is 0.393 e. The number of hydrogen-bond acceptors (Lipinski definition) is 5. The number of carbonyl (C=O) groups is 2. The highest BCUT2D eigenvalue weighted by Crippen LogP contribution is 2.22. The number of carbonyl (C=O) groups excluding carboxylic acids is 2. The normalized spacial score (nSPS) is 18.2. The summed E-state index contributed by atoms with van der Waals surface area (Å²) in [7, 11) is 0. The van der Waals surface area contributed by atoms with E-state index in [-0.39, 0.29) is 22.8 Å². The summed E-state index contributed by atoms with van der Waals surface area (Å²) in [6, 6.07) is 3.19. The molecule has 0 spiro atoms. The lowest BCUT2D eigenvalue weighted by molar-refractivity contribution is -0.383. The fourth-order valence-electron chi connectivity index (χ4n) is 1.99. The minimum absolute atomic E-state index is 0.0121. The molecular formula is C12H14N4O4. The van der Waals surface area contributed by atoms with Crippen molar-refractivity contribution >= 4 is 23.2 Å². The smallest absolute Gasteiger partial charge is 0.292 e. The molecule has 0 aromatic heterocycles. The van der Waals surface area contributed by atoms with Crippen LogP contribution in [0.15, 0.2) is 18.2 Å². The molecule has 2 rings (SSSR count). The van der Waals surface area contributed by atoms with Gasteiger partial charge in [-0.2, -0.15) is 0 Å². The summed E-state index contributed by atoms with van der Waals surface area (Å²) in [5, 5.41) is 16.0. The summed E-state index contributed by atoms with van der Waals surface area (Å²) < 4.78 is 0. The van der Waals surface area contributed by atoms with Crippen LogP contribution in [0.2, 0.25) is 0 Å². The first-order chi connectivity index (χ1) is 9.49. The van der Waals surface area contributed by atoms with E-state index in [2.05, 4.69) is 10.6 Å². The Labute approximate surface area is 114 Å². The van der Waals surface area contributed by atoms with Crippen LogP contribution in [0.5, 0.6) is 0 Å². The predicted molar refractivity (Wildman–Crippen MR) is 71.0 cm³/mol. The van der Waals surface area contributed by atoms with Gasteiger partial charge in [0.2, 0.25) is 5.91 Å². The third-order valence-electron chi connectivity index (χ3n) is 3.08. The number of nitro benzene ring substituents is 1. The number of nitrogens with two attached hydrogens (primary N) is 1. The molecule has 4 N–H and O–H groups in total. The van der Waals surface area contributed by atoms with Crippen molar-refractivity contribution in [2.75, 3.05) is 12.3 Å². The Morgan fingerprint density at radius 1 is 1.50 bits per heavy atom. The maximum Gasteiger partial charge on any atom is 0.292 e. The molecule has 0 radical (unpaired) electrons. The van der Waals surface area contributed by atoms with Gasteiger partial charge >= 0.3 is 0 Å². The van der Waals surface area contributed by atoms with Gasteiger partial charge in [-0.15, -0.1) is 0 Å². The first kappa shape index (κ1) is 13.8. The summed E-state index contributed by atoms with van der Waals surface area (Å²) in [5.74, 6) is -0.773. The fraction of sp³-hybridized carbons (Fsp3) is 0.333. The Morgan fingerprint density at radius 3 is 2.90 bits per heavy atom. The monoisotopic (exact) mass is 278 g/mol. The molecule has 1 atom stereocenters. The van der Waals surface area contributed by atoms with Crippen LogP contribution in [-0.4, -0.2) is 29.3 Å². The molecule has 1 aliphatic heterocycles. The molecule has 1 heterocycles. The van der Waals surface area contributed by atoms with Crippen LogP contribution in [0, 0.1) is 10.1 Å². The van der Waals surface area contributed by atoms with Crippen LogP contribution in [-0.2, 0) is 4.79 Å². The van der Waals surface area contributed by atoms with Crippen molar-refractivity contribution in [1.29, 1.82) is 0 Å². The molecule has 1 aliphatic rings. The van der Waals surface area contributed by atoms with Crippen LogP contribution in [0.1, 0.15) is 23.2 Å². The highest BCUT2D eigenvalue weighted by atomic mass is 16.6. The van der Waals surface area contributed by atoms with Crippen LogP contribution < -0.4 is 16.4 Å². The van der Waals surface area contributed by atoms with Gasteiger partial charge in [0.05, 0.1) is 4.92 Å². The van der Waals surface area contributed by atoms with E-state index in [1.165, 1.54) is 12.1 Å². The zero-order valence-corrected chi connectivity index (χ0v) is 10.6. The SMILES string of the molecule is Nc1ccc(C(=O)NC2CCCNC2=O)cc1[N+](=O)[O-]. The molecule has 106 valence electrons. The molecule has 20 heavy (non-hydrogen) atoms. The first-order valence-corrected chi connectivity index (χ1v) is 6.11. The maximum absolute atomic E-state index is 12.0. The van der Waals surface area contributed by atoms with E-state index in [1.807, 2.05) is 0 Å². The molecule has 8 heteroatoms. The second-order valence-electron chi connectivity index (χ2n) is 4.49. The van der Waals surface area contributed by atoms with Crippen molar-refractivity contribution < 1.29 is 14.5 Å². The van der Waals surface area contributed by atoms with Crippen molar-refractivity contribution in [3.63, 3.8) is 0 Å². The minimum atomic E-state index is -0.653. The highest BCUT2D eigenvalue weighted by Gasteiger charge is 2.25. The Hall–Kier alpha value is -2.64. The molecule has 0 aliphatic carbocycles. The third kappa shape index (κ3) is 2.85. The summed E-state index contributed by atoms with van der Waals surface area (Å²) >= 11 is 0. The van der Waals surface area contributed by atoms with E-state index in [0.717, 1.165) is 12.5 Å². The Kier molecular flexibility index (Phi) is 3.83. The second-order valence-corrected chi connectivity index (χ2v) is 4.49. The number of hydrogen-bond donors (Lipinski definition) is 3. The number of nitro groups is 1. The molecule has 1 aromatic rings. The van der Waals surface area contributed by atoms with Crippen molar-refractivity contribution in [2.45, 2.75) is 18.9 Å². The van der Waals surface area contributed by atoms with Crippen molar-refractivity contribution in [1.82, 2.24) is 10.6 Å². The molecule has 1 aromatic carbocycles. The van der Waals surface area contributed by atoms with Gasteiger partial charge in [0.1, 0.15) is 11.7 Å². The van der Waals surface area contributed by atoms with E-state index < -0.39 is 16.9 Å². The average Bonchev–Trinajstić information content (AvgIpc) is 2.41. The van der Waals surface area contributed by atoms with E-state index in [1.54, 1.807) is 0 Å². The fourth-order valence-corrected chi connectivity index (χ4v) is 1.99. The van der Waals surface area contributed by atoms with Crippen LogP contribution in [0.25, 0.3) is 0 Å². The number of anilines is 1. The van der Waals surface area contributed by atoms with E-state index in [0.29, 0.717) is 13.0 Å². The summed E-state index contributed by atoms with van der Waals surface area (Å²) in [5.41, 5.74) is 5.22. The molecule has 0 bridgehead atoms. The number of benzene rings is 1. The maximum atomic E-state index is 12.0. The van der Waals surface area contributed by atoms with Gasteiger partial charge in [-0.1, -0.05) is 0 Å². The zero-order chi connectivity index (χ0) is 14.7. The van der Waals surface area contributed by atoms with E-state index in [9.17, 15) is 19.7 Å². The Morgan fingerprint density at radius 2 is 2.25 bits per heavy atom. The third-order valence-corrected chi connectivity index (χ3v) is 3.08. The number of amides is 2. The Bertz CT molecular complexity index is 573. The topological polar surface area (TPSA) is 127 Å². The average molecular weight is 278 g/mol. The summed E-state index contributed by atoms with van der Waals surface area (Å²) in [6.45, 7) is 0.596. The zero-order valence-electron chi connectivity index (χ0n) is 10.6. The lowest BCUT2D eigenvalue weighted by Gasteiger charge is -2.22. The minimum Gasteiger partial charge on any atom is -0.393 e. The molecule has 1 unspecified atom stereocenters. The molecule has 8 nitrogen and oxygen atoms in total. The number of nitrogen functional groups attached to an aromatic ring is 1. The predicted octanol–water partition coefficient (Wildman–Crippen LogP) is 0.185. The van der Waals surface area contributed by atoms with Gasteiger partial charge in [-0.3, -0.25) is 19.7 Å². The highest BCUT2D eigenvalue weighted by molar-refractivity contribution is 5.98. The summed E-state index contributed by atoms with van der Waals surface area (Å²) in [6.07, 6.45) is 1.33. The van der Waals surface area contributed by atoms with Crippen LogP contribution >= 0.6 is 0 Å². The van der Waals surface area contributed by atoms with Gasteiger partial charge in [0.25, 0.3) is 11.6 Å². The number of nitrogens with one attached hydrogen (secondary N) is 2. The summed E-state index contributed by atoms with van der Waals surface area (Å²) in [4.78, 5) is 33.6. The molecule has 2 amide bonds. The molecule has 1 fully saturated rings. The van der Waals surface area contributed by atoms with Crippen LogP contribution in [0.4, 0.5) is 11.4 Å². The second kappa shape index (κ2) is 5.55. The van der Waals surface area contributed by atoms with Gasteiger partial charge in [0, 0.05) is 18.2 Å². The van der Waals surface area contributed by atoms with Crippen molar-refractivity contribution in [2.24, 2.45) is 0 Å². The van der Waals surface area contributed by atoms with E-state index >= 15 is 0 Å². The van der Waals surface area contributed by atoms with Gasteiger partial charge < -0.3 is 16.4 Å². The van der Waals surface area contributed by atoms with Crippen LogP contribution in [0.3, 0.4) is 0 Å². The van der Waals surface area contributed by atoms with Gasteiger partial charge in [-0.05, 0) is 25.0 Å². The van der Waals surface area contributed by atoms with Crippen molar-refractivity contribution in [3.05, 3.63) is 33.9 Å². The molecular weight excluding hydrogens is 264 g/mol. The Balaban J connectivity index is 2.15. The lowest BCUT2D eigenvalue weighted by Crippen LogP contribution is -2.50. The van der Waals surface area contributed by atoms with E-state index in [4.69, 9.17) is 5.73 Å².